The van der Waals surface area contributed by atoms with Crippen molar-refractivity contribution < 1.29 is 9.66 Å². The number of anilines is 2. The number of rotatable bonds is 7. The average Bonchev–Trinajstić information content (AvgIpc) is 2.37. The van der Waals surface area contributed by atoms with Gasteiger partial charge in [0.2, 0.25) is 5.82 Å². The lowest BCUT2D eigenvalue weighted by atomic mass is 10.1. The van der Waals surface area contributed by atoms with Crippen LogP contribution in [0.25, 0.3) is 0 Å². The number of nitrogens with one attached hydrogen (secondary N) is 2. The first kappa shape index (κ1) is 15.2. The molecule has 2 N–H and O–H groups in total. The zero-order valence-corrected chi connectivity index (χ0v) is 11.7. The molecule has 1 aromatic rings. The molecule has 0 aromatic carbocycles. The van der Waals surface area contributed by atoms with Gasteiger partial charge in [0.05, 0.1) is 10.5 Å². The first-order valence-electron chi connectivity index (χ1n) is 6.08. The molecule has 0 aliphatic heterocycles. The summed E-state index contributed by atoms with van der Waals surface area (Å²) in [7, 11) is 1.60. The minimum Gasteiger partial charge on any atom is -0.377 e. The van der Waals surface area contributed by atoms with Crippen LogP contribution in [0.5, 0.6) is 0 Å². The van der Waals surface area contributed by atoms with Crippen LogP contribution < -0.4 is 10.6 Å². The fourth-order valence-corrected chi connectivity index (χ4v) is 1.38. The molecule has 0 atom stereocenters. The average molecular weight is 268 g/mol. The highest BCUT2D eigenvalue weighted by molar-refractivity contribution is 5.60. The van der Waals surface area contributed by atoms with Crippen molar-refractivity contribution in [2.45, 2.75) is 26.4 Å². The van der Waals surface area contributed by atoms with Crippen LogP contribution in [0.15, 0.2) is 12.1 Å². The molecule has 0 amide bonds. The maximum absolute atomic E-state index is 11.0. The topological polar surface area (TPSA) is 89.3 Å². The summed E-state index contributed by atoms with van der Waals surface area (Å²) in [5.41, 5.74) is -0.474. The number of hydrogen-bond acceptors (Lipinski definition) is 6. The Hall–Kier alpha value is -1.89. The van der Waals surface area contributed by atoms with Gasteiger partial charge in [-0.2, -0.15) is 0 Å². The minimum atomic E-state index is -0.454. The van der Waals surface area contributed by atoms with Crippen molar-refractivity contribution in [3.63, 3.8) is 0 Å². The normalized spacial score (nSPS) is 11.2. The van der Waals surface area contributed by atoms with Gasteiger partial charge in [0.1, 0.15) is 5.82 Å². The molecule has 1 heterocycles. The molecule has 0 aliphatic carbocycles. The summed E-state index contributed by atoms with van der Waals surface area (Å²) in [4.78, 5) is 14.7. The van der Waals surface area contributed by atoms with Crippen molar-refractivity contribution in [3.05, 3.63) is 22.2 Å². The summed E-state index contributed by atoms with van der Waals surface area (Å²) in [5.74, 6) is 0.847. The molecule has 0 saturated heterocycles. The Morgan fingerprint density at radius 1 is 1.42 bits per heavy atom. The predicted molar refractivity (Wildman–Crippen MR) is 74.6 cm³/mol. The van der Waals surface area contributed by atoms with E-state index in [0.717, 1.165) is 0 Å². The van der Waals surface area contributed by atoms with Crippen LogP contribution in [0.3, 0.4) is 0 Å². The molecule has 1 aromatic heterocycles. The monoisotopic (exact) mass is 268 g/mol. The Labute approximate surface area is 112 Å². The predicted octanol–water partition coefficient (Wildman–Crippen LogP) is 2.26. The minimum absolute atomic E-state index is 0.0476. The molecule has 0 aliphatic rings. The van der Waals surface area contributed by atoms with E-state index in [1.54, 1.807) is 13.2 Å². The first-order valence-corrected chi connectivity index (χ1v) is 6.08. The molecule has 0 radical (unpaired) electrons. The molecule has 19 heavy (non-hydrogen) atoms. The summed E-state index contributed by atoms with van der Waals surface area (Å²) < 4.78 is 5.26. The summed E-state index contributed by atoms with van der Waals surface area (Å²) in [6.45, 7) is 6.84. The number of methoxy groups -OCH3 is 1. The molecule has 0 fully saturated rings. The van der Waals surface area contributed by atoms with Crippen LogP contribution in [0.4, 0.5) is 17.3 Å². The van der Waals surface area contributed by atoms with Crippen molar-refractivity contribution in [1.29, 1.82) is 0 Å². The zero-order chi connectivity index (χ0) is 14.5. The van der Waals surface area contributed by atoms with E-state index in [9.17, 15) is 10.1 Å². The van der Waals surface area contributed by atoms with E-state index in [4.69, 9.17) is 4.74 Å². The van der Waals surface area contributed by atoms with Crippen molar-refractivity contribution in [2.24, 2.45) is 0 Å². The molecular weight excluding hydrogens is 248 g/mol. The number of aromatic nitrogens is 1. The molecule has 106 valence electrons. The Bertz CT molecular complexity index is 449. The molecule has 1 rings (SSSR count). The van der Waals surface area contributed by atoms with Crippen molar-refractivity contribution in [3.8, 4) is 0 Å². The molecular formula is C12H20N4O3. The second kappa shape index (κ2) is 6.33. The van der Waals surface area contributed by atoms with Crippen LogP contribution in [-0.4, -0.2) is 35.7 Å². The first-order chi connectivity index (χ1) is 8.89. The SMILES string of the molecule is CCNc1ccc([N+](=O)[O-])c(NCC(C)(C)OC)n1. The second-order valence-corrected chi connectivity index (χ2v) is 4.67. The van der Waals surface area contributed by atoms with E-state index in [2.05, 4.69) is 15.6 Å². The lowest BCUT2D eigenvalue weighted by Crippen LogP contribution is -2.32. The summed E-state index contributed by atoms with van der Waals surface area (Å²) in [6, 6.07) is 3.03. The Kier molecular flexibility index (Phi) is 5.05. The van der Waals surface area contributed by atoms with Crippen molar-refractivity contribution >= 4 is 17.3 Å². The highest BCUT2D eigenvalue weighted by atomic mass is 16.6. The summed E-state index contributed by atoms with van der Waals surface area (Å²) in [6.07, 6.45) is 0. The molecule has 0 spiro atoms. The van der Waals surface area contributed by atoms with Crippen LogP contribution in [0, 0.1) is 10.1 Å². The summed E-state index contributed by atoms with van der Waals surface area (Å²) >= 11 is 0. The van der Waals surface area contributed by atoms with Crippen molar-refractivity contribution in [2.75, 3.05) is 30.8 Å². The van der Waals surface area contributed by atoms with Gasteiger partial charge in [-0.05, 0) is 26.8 Å². The van der Waals surface area contributed by atoms with Crippen LogP contribution in [0.1, 0.15) is 20.8 Å². The van der Waals surface area contributed by atoms with E-state index < -0.39 is 10.5 Å². The van der Waals surface area contributed by atoms with Gasteiger partial charge in [0.15, 0.2) is 0 Å². The highest BCUT2D eigenvalue weighted by Crippen LogP contribution is 2.24. The summed E-state index contributed by atoms with van der Waals surface area (Å²) in [5, 5.41) is 16.9. The van der Waals surface area contributed by atoms with Gasteiger partial charge in [0, 0.05) is 26.3 Å². The third-order valence-electron chi connectivity index (χ3n) is 2.66. The van der Waals surface area contributed by atoms with Gasteiger partial charge in [-0.1, -0.05) is 0 Å². The van der Waals surface area contributed by atoms with E-state index in [1.807, 2.05) is 20.8 Å². The third-order valence-corrected chi connectivity index (χ3v) is 2.66. The Morgan fingerprint density at radius 3 is 2.63 bits per heavy atom. The Balaban J connectivity index is 2.94. The molecule has 7 nitrogen and oxygen atoms in total. The van der Waals surface area contributed by atoms with E-state index >= 15 is 0 Å². The number of nitrogens with zero attached hydrogens (tertiary/aromatic N) is 2. The van der Waals surface area contributed by atoms with Crippen LogP contribution in [-0.2, 0) is 4.74 Å². The number of hydrogen-bond donors (Lipinski definition) is 2. The fourth-order valence-electron chi connectivity index (χ4n) is 1.38. The largest absolute Gasteiger partial charge is 0.377 e. The smallest absolute Gasteiger partial charge is 0.311 e. The van der Waals surface area contributed by atoms with E-state index in [1.165, 1.54) is 6.07 Å². The molecule has 0 unspecified atom stereocenters. The quantitative estimate of drug-likeness (QED) is 0.582. The molecule has 7 heteroatoms. The van der Waals surface area contributed by atoms with Crippen molar-refractivity contribution in [1.82, 2.24) is 4.98 Å². The zero-order valence-electron chi connectivity index (χ0n) is 11.7. The lowest BCUT2D eigenvalue weighted by molar-refractivity contribution is -0.384. The van der Waals surface area contributed by atoms with Gasteiger partial charge >= 0.3 is 5.69 Å². The number of pyridine rings is 1. The highest BCUT2D eigenvalue weighted by Gasteiger charge is 2.20. The van der Waals surface area contributed by atoms with Gasteiger partial charge in [-0.25, -0.2) is 4.98 Å². The molecule has 0 bridgehead atoms. The molecule has 0 saturated carbocycles. The standard InChI is InChI=1S/C12H20N4O3/c1-5-13-10-7-6-9(16(17)18)11(15-10)14-8-12(2,3)19-4/h6-7H,5,8H2,1-4H3,(H2,13,14,15). The fraction of sp³-hybridized carbons (Fsp3) is 0.583. The van der Waals surface area contributed by atoms with Gasteiger partial charge in [-0.15, -0.1) is 0 Å². The van der Waals surface area contributed by atoms with E-state index in [0.29, 0.717) is 18.9 Å². The van der Waals surface area contributed by atoms with Gasteiger partial charge < -0.3 is 15.4 Å². The Morgan fingerprint density at radius 2 is 2.11 bits per heavy atom. The number of nitro groups is 1. The second-order valence-electron chi connectivity index (χ2n) is 4.67. The van der Waals surface area contributed by atoms with Gasteiger partial charge in [-0.3, -0.25) is 10.1 Å². The maximum atomic E-state index is 11.0. The third kappa shape index (κ3) is 4.36. The lowest BCUT2D eigenvalue weighted by Gasteiger charge is -2.23. The van der Waals surface area contributed by atoms with E-state index in [-0.39, 0.29) is 11.5 Å². The van der Waals surface area contributed by atoms with Gasteiger partial charge in [0.25, 0.3) is 0 Å². The maximum Gasteiger partial charge on any atom is 0.311 e. The van der Waals surface area contributed by atoms with Crippen LogP contribution >= 0.6 is 0 Å². The van der Waals surface area contributed by atoms with Crippen LogP contribution in [0.2, 0.25) is 0 Å². The number of ether oxygens (including phenoxy) is 1.